The molecule has 0 aromatic heterocycles. The lowest BCUT2D eigenvalue weighted by atomic mass is 10.3. The number of rotatable bonds is 6. The molecule has 0 aliphatic rings. The summed E-state index contributed by atoms with van der Waals surface area (Å²) >= 11 is 5.49. The first-order valence-corrected chi connectivity index (χ1v) is 6.02. The van der Waals surface area contributed by atoms with Crippen LogP contribution in [0, 0.1) is 5.82 Å². The Morgan fingerprint density at radius 2 is 2.07 bits per heavy atom. The van der Waals surface area contributed by atoms with Gasteiger partial charge in [-0.15, -0.1) is 11.8 Å². The summed E-state index contributed by atoms with van der Waals surface area (Å²) in [5.74, 6) is 1.34. The number of halogens is 1. The van der Waals surface area contributed by atoms with E-state index in [1.165, 1.54) is 17.8 Å². The van der Waals surface area contributed by atoms with Gasteiger partial charge >= 0.3 is 0 Å². The summed E-state index contributed by atoms with van der Waals surface area (Å²) in [7, 11) is 0. The Labute approximate surface area is 93.4 Å². The van der Waals surface area contributed by atoms with Gasteiger partial charge in [-0.3, -0.25) is 0 Å². The third-order valence-electron chi connectivity index (χ3n) is 1.56. The zero-order chi connectivity index (χ0) is 10.2. The molecule has 0 aliphatic heterocycles. The third-order valence-corrected chi connectivity index (χ3v) is 2.75. The molecule has 0 fully saturated rings. The van der Waals surface area contributed by atoms with E-state index in [0.717, 1.165) is 11.5 Å². The molecule has 0 spiro atoms. The highest BCUT2D eigenvalue weighted by molar-refractivity contribution is 7.99. The summed E-state index contributed by atoms with van der Waals surface area (Å²) in [5, 5.41) is 0. The number of hydrogen-bond acceptors (Lipinski definition) is 3. The van der Waals surface area contributed by atoms with Crippen molar-refractivity contribution < 1.29 is 9.13 Å². The molecule has 1 aromatic rings. The van der Waals surface area contributed by atoms with Gasteiger partial charge in [0, 0.05) is 16.4 Å². The van der Waals surface area contributed by atoms with Gasteiger partial charge < -0.3 is 4.74 Å². The van der Waals surface area contributed by atoms with Crippen LogP contribution in [0.25, 0.3) is 0 Å². The van der Waals surface area contributed by atoms with Crippen molar-refractivity contribution in [1.29, 1.82) is 0 Å². The maximum Gasteiger partial charge on any atom is 0.136 e. The van der Waals surface area contributed by atoms with E-state index in [1.54, 1.807) is 12.1 Å². The minimum Gasteiger partial charge on any atom is -0.380 e. The van der Waals surface area contributed by atoms with E-state index in [9.17, 15) is 4.39 Å². The first-order valence-electron chi connectivity index (χ1n) is 4.40. The minimum absolute atomic E-state index is 0.160. The molecule has 0 unspecified atom stereocenters. The van der Waals surface area contributed by atoms with Crippen molar-refractivity contribution in [3.8, 4) is 0 Å². The van der Waals surface area contributed by atoms with E-state index in [4.69, 9.17) is 4.74 Å². The Morgan fingerprint density at radius 3 is 2.79 bits per heavy atom. The maximum absolute atomic E-state index is 13.1. The van der Waals surface area contributed by atoms with Crippen LogP contribution < -0.4 is 0 Å². The van der Waals surface area contributed by atoms with Gasteiger partial charge in [0.15, 0.2) is 0 Å². The monoisotopic (exact) mass is 232 g/mol. The van der Waals surface area contributed by atoms with Crippen LogP contribution in [0.5, 0.6) is 0 Å². The largest absolute Gasteiger partial charge is 0.380 e. The van der Waals surface area contributed by atoms with Crippen LogP contribution in [0.15, 0.2) is 29.2 Å². The number of ether oxygens (including phenoxy) is 1. The van der Waals surface area contributed by atoms with Crippen molar-refractivity contribution in [3.05, 3.63) is 30.1 Å². The van der Waals surface area contributed by atoms with E-state index in [0.29, 0.717) is 18.1 Å². The second-order valence-corrected chi connectivity index (χ2v) is 4.20. The van der Waals surface area contributed by atoms with Crippen molar-refractivity contribution in [2.45, 2.75) is 4.90 Å². The van der Waals surface area contributed by atoms with Gasteiger partial charge in [0.25, 0.3) is 0 Å². The summed E-state index contributed by atoms with van der Waals surface area (Å²) in [5.41, 5.74) is 0. The number of benzene rings is 1. The number of thioether (sulfide) groups is 1. The molecule has 0 saturated heterocycles. The lowest BCUT2D eigenvalue weighted by molar-refractivity contribution is 0.167. The Hall–Kier alpha value is -0.190. The summed E-state index contributed by atoms with van der Waals surface area (Å²) in [6.07, 6.45) is 0. The van der Waals surface area contributed by atoms with E-state index in [1.807, 2.05) is 6.07 Å². The van der Waals surface area contributed by atoms with E-state index >= 15 is 0 Å². The smallest absolute Gasteiger partial charge is 0.136 e. The van der Waals surface area contributed by atoms with Crippen molar-refractivity contribution in [2.24, 2.45) is 0 Å². The van der Waals surface area contributed by atoms with E-state index in [-0.39, 0.29) is 5.82 Å². The van der Waals surface area contributed by atoms with Crippen LogP contribution in [0.3, 0.4) is 0 Å². The van der Waals surface area contributed by atoms with E-state index < -0.39 is 0 Å². The van der Waals surface area contributed by atoms with Gasteiger partial charge in [-0.2, -0.15) is 12.6 Å². The highest BCUT2D eigenvalue weighted by atomic mass is 32.2. The van der Waals surface area contributed by atoms with E-state index in [2.05, 4.69) is 12.6 Å². The van der Waals surface area contributed by atoms with Crippen molar-refractivity contribution in [3.63, 3.8) is 0 Å². The van der Waals surface area contributed by atoms with Crippen LogP contribution in [-0.2, 0) is 4.74 Å². The van der Waals surface area contributed by atoms with Crippen LogP contribution >= 0.6 is 24.4 Å². The molecule has 0 atom stereocenters. The molecule has 1 nitrogen and oxygen atoms in total. The molecule has 1 aromatic carbocycles. The molecule has 0 N–H and O–H groups in total. The normalized spacial score (nSPS) is 10.4. The first kappa shape index (κ1) is 11.9. The number of thiol groups is 1. The molecule has 0 heterocycles. The standard InChI is InChI=1S/C10H13FOS2/c11-9-3-1-2-4-10(9)14-8-6-12-5-7-13/h1-4,13H,5-8H2. The molecule has 0 bridgehead atoms. The summed E-state index contributed by atoms with van der Waals surface area (Å²) in [4.78, 5) is 0.682. The maximum atomic E-state index is 13.1. The Bertz CT molecular complexity index is 268. The third kappa shape index (κ3) is 4.35. The topological polar surface area (TPSA) is 9.23 Å². The van der Waals surface area contributed by atoms with Gasteiger partial charge in [-0.1, -0.05) is 12.1 Å². The summed E-state index contributed by atoms with van der Waals surface area (Å²) in [6.45, 7) is 1.29. The van der Waals surface area contributed by atoms with Crippen molar-refractivity contribution in [2.75, 3.05) is 24.7 Å². The van der Waals surface area contributed by atoms with Gasteiger partial charge in [0.2, 0.25) is 0 Å². The first-order chi connectivity index (χ1) is 6.84. The van der Waals surface area contributed by atoms with Crippen LogP contribution in [-0.4, -0.2) is 24.7 Å². The fourth-order valence-corrected chi connectivity index (χ4v) is 1.87. The summed E-state index contributed by atoms with van der Waals surface area (Å²) < 4.78 is 18.3. The average Bonchev–Trinajstić information content (AvgIpc) is 2.20. The Morgan fingerprint density at radius 1 is 1.29 bits per heavy atom. The zero-order valence-corrected chi connectivity index (χ0v) is 9.49. The molecular weight excluding hydrogens is 219 g/mol. The molecule has 14 heavy (non-hydrogen) atoms. The molecule has 0 amide bonds. The fraction of sp³-hybridized carbons (Fsp3) is 0.400. The average molecular weight is 232 g/mol. The van der Waals surface area contributed by atoms with Gasteiger partial charge in [0.1, 0.15) is 5.82 Å². The highest BCUT2D eigenvalue weighted by Crippen LogP contribution is 2.20. The predicted octanol–water partition coefficient (Wildman–Crippen LogP) is 2.86. The second-order valence-electron chi connectivity index (χ2n) is 2.61. The van der Waals surface area contributed by atoms with Gasteiger partial charge in [-0.25, -0.2) is 4.39 Å². The van der Waals surface area contributed by atoms with Crippen molar-refractivity contribution in [1.82, 2.24) is 0 Å². The fourth-order valence-electron chi connectivity index (χ4n) is 0.939. The minimum atomic E-state index is -0.160. The molecule has 0 saturated carbocycles. The second kappa shape index (κ2) is 7.15. The van der Waals surface area contributed by atoms with Gasteiger partial charge in [0.05, 0.1) is 13.2 Å². The summed E-state index contributed by atoms with van der Waals surface area (Å²) in [6, 6.07) is 6.77. The van der Waals surface area contributed by atoms with Crippen LogP contribution in [0.4, 0.5) is 4.39 Å². The Balaban J connectivity index is 2.21. The lowest BCUT2D eigenvalue weighted by Gasteiger charge is -2.03. The molecular formula is C10H13FOS2. The van der Waals surface area contributed by atoms with Crippen LogP contribution in [0.1, 0.15) is 0 Å². The quantitative estimate of drug-likeness (QED) is 0.459. The highest BCUT2D eigenvalue weighted by Gasteiger charge is 1.99. The van der Waals surface area contributed by atoms with Crippen molar-refractivity contribution >= 4 is 24.4 Å². The Kier molecular flexibility index (Phi) is 6.07. The molecule has 0 radical (unpaired) electrons. The number of hydrogen-bond donors (Lipinski definition) is 1. The lowest BCUT2D eigenvalue weighted by Crippen LogP contribution is -2.00. The molecule has 0 aliphatic carbocycles. The molecule has 1 rings (SSSR count). The van der Waals surface area contributed by atoms with Gasteiger partial charge in [-0.05, 0) is 12.1 Å². The predicted molar refractivity (Wildman–Crippen MR) is 61.8 cm³/mol. The van der Waals surface area contributed by atoms with Crippen LogP contribution in [0.2, 0.25) is 0 Å². The SMILES string of the molecule is Fc1ccccc1SCCOCCS. The zero-order valence-electron chi connectivity index (χ0n) is 7.78. The molecule has 4 heteroatoms. The molecule has 78 valence electrons.